The fraction of sp³-hybridized carbons (Fsp3) is 0.235. The molecule has 3 rings (SSSR count). The highest BCUT2D eigenvalue weighted by molar-refractivity contribution is 7.13. The van der Waals surface area contributed by atoms with Crippen LogP contribution >= 0.6 is 11.3 Å². The molecular formula is C17H18N2S. The Balaban J connectivity index is 2.30. The zero-order valence-electron chi connectivity index (χ0n) is 11.8. The SMILES string of the molecule is CC(C)c1ccc2c(-c3cccs3)cnc(CN)c2c1. The number of pyridine rings is 1. The van der Waals surface area contributed by atoms with Crippen LogP contribution in [0.25, 0.3) is 21.2 Å². The molecule has 0 atom stereocenters. The second-order valence-corrected chi connectivity index (χ2v) is 6.21. The van der Waals surface area contributed by atoms with Crippen LogP contribution in [0.4, 0.5) is 0 Å². The number of hydrogen-bond donors (Lipinski definition) is 1. The summed E-state index contributed by atoms with van der Waals surface area (Å²) < 4.78 is 0. The summed E-state index contributed by atoms with van der Waals surface area (Å²) in [5, 5.41) is 4.53. The maximum atomic E-state index is 5.85. The molecule has 0 bridgehead atoms. The van der Waals surface area contributed by atoms with E-state index >= 15 is 0 Å². The highest BCUT2D eigenvalue weighted by Gasteiger charge is 2.11. The van der Waals surface area contributed by atoms with Crippen molar-refractivity contribution in [2.75, 3.05) is 0 Å². The van der Waals surface area contributed by atoms with Gasteiger partial charge in [-0.05, 0) is 34.4 Å². The van der Waals surface area contributed by atoms with Gasteiger partial charge in [-0.15, -0.1) is 11.3 Å². The molecule has 3 aromatic rings. The molecule has 3 heteroatoms. The Morgan fingerprint density at radius 3 is 2.70 bits per heavy atom. The number of fused-ring (bicyclic) bond motifs is 1. The van der Waals surface area contributed by atoms with Crippen LogP contribution in [0.1, 0.15) is 31.0 Å². The fourth-order valence-corrected chi connectivity index (χ4v) is 3.22. The van der Waals surface area contributed by atoms with E-state index in [2.05, 4.69) is 54.5 Å². The predicted molar refractivity (Wildman–Crippen MR) is 87.0 cm³/mol. The first-order valence-corrected chi connectivity index (χ1v) is 7.74. The zero-order valence-corrected chi connectivity index (χ0v) is 12.6. The summed E-state index contributed by atoms with van der Waals surface area (Å²) in [6.45, 7) is 4.89. The van der Waals surface area contributed by atoms with Gasteiger partial charge in [0.25, 0.3) is 0 Å². The number of rotatable bonds is 3. The summed E-state index contributed by atoms with van der Waals surface area (Å²) in [5.41, 5.74) is 9.35. The van der Waals surface area contributed by atoms with Gasteiger partial charge in [-0.1, -0.05) is 32.0 Å². The number of benzene rings is 1. The van der Waals surface area contributed by atoms with Gasteiger partial charge in [-0.2, -0.15) is 0 Å². The average Bonchev–Trinajstić information content (AvgIpc) is 2.99. The van der Waals surface area contributed by atoms with Crippen LogP contribution in [0.15, 0.2) is 41.9 Å². The summed E-state index contributed by atoms with van der Waals surface area (Å²) in [4.78, 5) is 5.82. The minimum absolute atomic E-state index is 0.475. The Morgan fingerprint density at radius 1 is 1.20 bits per heavy atom. The van der Waals surface area contributed by atoms with Crippen LogP contribution in [0.2, 0.25) is 0 Å². The smallest absolute Gasteiger partial charge is 0.0618 e. The maximum absolute atomic E-state index is 5.85. The van der Waals surface area contributed by atoms with Crippen LogP contribution in [0.5, 0.6) is 0 Å². The van der Waals surface area contributed by atoms with Crippen LogP contribution in [-0.4, -0.2) is 4.98 Å². The largest absolute Gasteiger partial charge is 0.325 e. The fourth-order valence-electron chi connectivity index (χ4n) is 2.47. The van der Waals surface area contributed by atoms with Crippen LogP contribution < -0.4 is 5.73 Å². The van der Waals surface area contributed by atoms with Crippen molar-refractivity contribution in [3.05, 3.63) is 53.2 Å². The Hall–Kier alpha value is -1.71. The molecule has 102 valence electrons. The van der Waals surface area contributed by atoms with Gasteiger partial charge in [-0.25, -0.2) is 0 Å². The van der Waals surface area contributed by atoms with E-state index in [0.717, 1.165) is 5.69 Å². The molecule has 2 aromatic heterocycles. The average molecular weight is 282 g/mol. The molecular weight excluding hydrogens is 264 g/mol. The molecule has 0 spiro atoms. The van der Waals surface area contributed by atoms with E-state index in [9.17, 15) is 0 Å². The van der Waals surface area contributed by atoms with Crippen molar-refractivity contribution < 1.29 is 0 Å². The lowest BCUT2D eigenvalue weighted by atomic mass is 9.96. The minimum atomic E-state index is 0.475. The molecule has 0 aliphatic heterocycles. The standard InChI is InChI=1S/C17H18N2S/c1-11(2)12-5-6-13-14(8-12)16(9-18)19-10-15(13)17-4-3-7-20-17/h3-8,10-11H,9,18H2,1-2H3. The lowest BCUT2D eigenvalue weighted by Gasteiger charge is -2.12. The number of hydrogen-bond acceptors (Lipinski definition) is 3. The van der Waals surface area contributed by atoms with E-state index < -0.39 is 0 Å². The molecule has 0 aliphatic rings. The third-order valence-corrected chi connectivity index (χ3v) is 4.54. The van der Waals surface area contributed by atoms with Crippen molar-refractivity contribution in [3.8, 4) is 10.4 Å². The molecule has 20 heavy (non-hydrogen) atoms. The van der Waals surface area contributed by atoms with E-state index in [0.29, 0.717) is 12.5 Å². The Kier molecular flexibility index (Phi) is 3.55. The van der Waals surface area contributed by atoms with Crippen molar-refractivity contribution in [1.82, 2.24) is 4.98 Å². The van der Waals surface area contributed by atoms with E-state index in [1.807, 2.05) is 6.20 Å². The van der Waals surface area contributed by atoms with Gasteiger partial charge in [-0.3, -0.25) is 4.98 Å². The molecule has 0 aliphatic carbocycles. The number of nitrogens with zero attached hydrogens (tertiary/aromatic N) is 1. The Morgan fingerprint density at radius 2 is 2.05 bits per heavy atom. The summed E-state index contributed by atoms with van der Waals surface area (Å²) >= 11 is 1.74. The Labute approximate surface area is 123 Å². The van der Waals surface area contributed by atoms with Crippen LogP contribution in [-0.2, 0) is 6.54 Å². The highest BCUT2D eigenvalue weighted by atomic mass is 32.1. The first-order chi connectivity index (χ1) is 9.70. The second kappa shape index (κ2) is 5.35. The lowest BCUT2D eigenvalue weighted by molar-refractivity contribution is 0.868. The van der Waals surface area contributed by atoms with Gasteiger partial charge in [0, 0.05) is 28.6 Å². The highest BCUT2D eigenvalue weighted by Crippen LogP contribution is 2.33. The molecule has 2 nitrogen and oxygen atoms in total. The van der Waals surface area contributed by atoms with Gasteiger partial charge in [0.2, 0.25) is 0 Å². The van der Waals surface area contributed by atoms with Crippen molar-refractivity contribution in [1.29, 1.82) is 0 Å². The monoisotopic (exact) mass is 282 g/mol. The van der Waals surface area contributed by atoms with E-state index in [-0.39, 0.29) is 0 Å². The molecule has 2 N–H and O–H groups in total. The third-order valence-electron chi connectivity index (χ3n) is 3.64. The minimum Gasteiger partial charge on any atom is -0.325 e. The number of aromatic nitrogens is 1. The predicted octanol–water partition coefficient (Wildman–Crippen LogP) is 4.55. The van der Waals surface area contributed by atoms with Gasteiger partial charge in [0.15, 0.2) is 0 Å². The Bertz CT molecular complexity index is 730. The zero-order chi connectivity index (χ0) is 14.1. The molecule has 0 fully saturated rings. The first kappa shape index (κ1) is 13.3. The van der Waals surface area contributed by atoms with Gasteiger partial charge < -0.3 is 5.73 Å². The van der Waals surface area contributed by atoms with Crippen LogP contribution in [0.3, 0.4) is 0 Å². The quantitative estimate of drug-likeness (QED) is 0.765. The van der Waals surface area contributed by atoms with E-state index in [1.54, 1.807) is 11.3 Å². The summed E-state index contributed by atoms with van der Waals surface area (Å²) in [6, 6.07) is 10.9. The molecule has 0 radical (unpaired) electrons. The molecule has 0 saturated heterocycles. The van der Waals surface area contributed by atoms with Gasteiger partial charge >= 0.3 is 0 Å². The first-order valence-electron chi connectivity index (χ1n) is 6.86. The van der Waals surface area contributed by atoms with Crippen LogP contribution in [0, 0.1) is 0 Å². The summed E-state index contributed by atoms with van der Waals surface area (Å²) in [7, 11) is 0. The van der Waals surface area contributed by atoms with Crippen molar-refractivity contribution in [3.63, 3.8) is 0 Å². The van der Waals surface area contributed by atoms with Gasteiger partial charge in [0.05, 0.1) is 5.69 Å². The molecule has 0 amide bonds. The number of thiophene rings is 1. The summed E-state index contributed by atoms with van der Waals surface area (Å²) in [6.07, 6.45) is 1.95. The summed E-state index contributed by atoms with van der Waals surface area (Å²) in [5.74, 6) is 0.510. The van der Waals surface area contributed by atoms with E-state index in [4.69, 9.17) is 5.73 Å². The third kappa shape index (κ3) is 2.23. The van der Waals surface area contributed by atoms with Gasteiger partial charge in [0.1, 0.15) is 0 Å². The van der Waals surface area contributed by atoms with E-state index in [1.165, 1.54) is 26.8 Å². The normalized spacial score (nSPS) is 11.4. The maximum Gasteiger partial charge on any atom is 0.0618 e. The molecule has 0 unspecified atom stereocenters. The van der Waals surface area contributed by atoms with Crippen molar-refractivity contribution in [2.45, 2.75) is 26.3 Å². The lowest BCUT2D eigenvalue weighted by Crippen LogP contribution is -2.01. The topological polar surface area (TPSA) is 38.9 Å². The molecule has 2 heterocycles. The van der Waals surface area contributed by atoms with Crippen molar-refractivity contribution in [2.24, 2.45) is 5.73 Å². The van der Waals surface area contributed by atoms with Crippen molar-refractivity contribution >= 4 is 22.1 Å². The molecule has 1 aromatic carbocycles. The molecule has 0 saturated carbocycles. The number of nitrogens with two attached hydrogens (primary N) is 1. The second-order valence-electron chi connectivity index (χ2n) is 5.26.